The molecule has 2 nitrogen and oxygen atoms in total. The zero-order valence-corrected chi connectivity index (χ0v) is 9.34. The van der Waals surface area contributed by atoms with E-state index in [1.165, 1.54) is 16.7 Å². The number of amides is 1. The maximum atomic E-state index is 11.7. The van der Waals surface area contributed by atoms with Crippen molar-refractivity contribution in [1.82, 2.24) is 5.32 Å². The van der Waals surface area contributed by atoms with Gasteiger partial charge in [-0.05, 0) is 37.8 Å². The van der Waals surface area contributed by atoms with Gasteiger partial charge in [0.25, 0.3) is 0 Å². The van der Waals surface area contributed by atoms with Gasteiger partial charge in [0, 0.05) is 6.54 Å². The van der Waals surface area contributed by atoms with Crippen molar-refractivity contribution in [3.63, 3.8) is 0 Å². The molecule has 1 fully saturated rings. The van der Waals surface area contributed by atoms with Crippen LogP contribution in [0.15, 0.2) is 18.2 Å². The summed E-state index contributed by atoms with van der Waals surface area (Å²) in [7, 11) is 0. The minimum absolute atomic E-state index is 0.0688. The summed E-state index contributed by atoms with van der Waals surface area (Å²) in [5.74, 6) is 0.257. The van der Waals surface area contributed by atoms with Crippen LogP contribution in [0.4, 0.5) is 0 Å². The van der Waals surface area contributed by atoms with E-state index in [1.54, 1.807) is 0 Å². The molecule has 2 rings (SSSR count). The Bertz CT molecular complexity index is 384. The molecule has 0 aromatic heterocycles. The molecule has 80 valence electrons. The van der Waals surface area contributed by atoms with Crippen molar-refractivity contribution in [2.45, 2.75) is 32.6 Å². The number of aryl methyl sites for hydroxylation is 2. The molecule has 1 aromatic carbocycles. The molecule has 1 aromatic rings. The van der Waals surface area contributed by atoms with Crippen molar-refractivity contribution in [3.05, 3.63) is 34.9 Å². The Labute approximate surface area is 90.7 Å². The van der Waals surface area contributed by atoms with Crippen LogP contribution in [0.25, 0.3) is 0 Å². The number of carbonyl (C=O) groups excluding carboxylic acids is 1. The zero-order valence-electron chi connectivity index (χ0n) is 9.34. The fourth-order valence-corrected chi connectivity index (χ4v) is 2.29. The van der Waals surface area contributed by atoms with E-state index in [2.05, 4.69) is 37.4 Å². The van der Waals surface area contributed by atoms with Gasteiger partial charge in [0.15, 0.2) is 0 Å². The molecule has 1 N–H and O–H groups in total. The minimum atomic E-state index is 0.0688. The van der Waals surface area contributed by atoms with E-state index < -0.39 is 0 Å². The summed E-state index contributed by atoms with van der Waals surface area (Å²) >= 11 is 0. The Balaban J connectivity index is 2.31. The summed E-state index contributed by atoms with van der Waals surface area (Å²) in [6.45, 7) is 5.00. The topological polar surface area (TPSA) is 29.1 Å². The van der Waals surface area contributed by atoms with Crippen molar-refractivity contribution in [2.75, 3.05) is 6.54 Å². The van der Waals surface area contributed by atoms with E-state index in [4.69, 9.17) is 0 Å². The lowest BCUT2D eigenvalue weighted by atomic mass is 9.87. The zero-order chi connectivity index (χ0) is 10.8. The van der Waals surface area contributed by atoms with E-state index >= 15 is 0 Å². The summed E-state index contributed by atoms with van der Waals surface area (Å²) < 4.78 is 0. The van der Waals surface area contributed by atoms with Gasteiger partial charge < -0.3 is 5.32 Å². The SMILES string of the molecule is Cc1ccc(C2CCCNC2=O)c(C)c1. The second kappa shape index (κ2) is 4.05. The van der Waals surface area contributed by atoms with Gasteiger partial charge in [-0.1, -0.05) is 23.8 Å². The van der Waals surface area contributed by atoms with Crippen LogP contribution in [0.2, 0.25) is 0 Å². The summed E-state index contributed by atoms with van der Waals surface area (Å²) in [6.07, 6.45) is 2.07. The lowest BCUT2D eigenvalue weighted by molar-refractivity contribution is -0.123. The van der Waals surface area contributed by atoms with Crippen molar-refractivity contribution < 1.29 is 4.79 Å². The minimum Gasteiger partial charge on any atom is -0.356 e. The third kappa shape index (κ3) is 2.04. The molecular weight excluding hydrogens is 186 g/mol. The molecule has 0 radical (unpaired) electrons. The largest absolute Gasteiger partial charge is 0.356 e. The van der Waals surface area contributed by atoms with Crippen LogP contribution in [0.3, 0.4) is 0 Å². The van der Waals surface area contributed by atoms with Crippen LogP contribution in [-0.2, 0) is 4.79 Å². The molecule has 0 bridgehead atoms. The van der Waals surface area contributed by atoms with Gasteiger partial charge in [0.1, 0.15) is 0 Å². The van der Waals surface area contributed by atoms with Gasteiger partial charge in [0.2, 0.25) is 5.91 Å². The number of nitrogens with one attached hydrogen (secondary N) is 1. The number of hydrogen-bond donors (Lipinski definition) is 1. The van der Waals surface area contributed by atoms with E-state index in [1.807, 2.05) is 0 Å². The van der Waals surface area contributed by atoms with Gasteiger partial charge in [0.05, 0.1) is 5.92 Å². The van der Waals surface area contributed by atoms with Crippen molar-refractivity contribution in [3.8, 4) is 0 Å². The highest BCUT2D eigenvalue weighted by molar-refractivity contribution is 5.84. The van der Waals surface area contributed by atoms with Crippen molar-refractivity contribution in [2.24, 2.45) is 0 Å². The second-order valence-electron chi connectivity index (χ2n) is 4.35. The Kier molecular flexibility index (Phi) is 2.76. The molecule has 1 heterocycles. The Morgan fingerprint density at radius 1 is 1.33 bits per heavy atom. The first kappa shape index (κ1) is 10.2. The Morgan fingerprint density at radius 3 is 2.80 bits per heavy atom. The third-order valence-corrected chi connectivity index (χ3v) is 3.09. The predicted molar refractivity (Wildman–Crippen MR) is 60.9 cm³/mol. The fraction of sp³-hybridized carbons (Fsp3) is 0.462. The van der Waals surface area contributed by atoms with E-state index in [0.29, 0.717) is 0 Å². The molecule has 0 saturated carbocycles. The second-order valence-corrected chi connectivity index (χ2v) is 4.35. The Morgan fingerprint density at radius 2 is 2.13 bits per heavy atom. The van der Waals surface area contributed by atoms with E-state index in [-0.39, 0.29) is 11.8 Å². The number of hydrogen-bond acceptors (Lipinski definition) is 1. The van der Waals surface area contributed by atoms with Crippen LogP contribution in [-0.4, -0.2) is 12.5 Å². The summed E-state index contributed by atoms with van der Waals surface area (Å²) in [5, 5.41) is 2.93. The first-order valence-corrected chi connectivity index (χ1v) is 5.53. The smallest absolute Gasteiger partial charge is 0.227 e. The molecule has 1 saturated heterocycles. The van der Waals surface area contributed by atoms with Gasteiger partial charge in [-0.15, -0.1) is 0 Å². The van der Waals surface area contributed by atoms with Gasteiger partial charge in [-0.2, -0.15) is 0 Å². The number of rotatable bonds is 1. The molecular formula is C13H17NO. The Hall–Kier alpha value is -1.31. The van der Waals surface area contributed by atoms with Crippen LogP contribution >= 0.6 is 0 Å². The van der Waals surface area contributed by atoms with E-state index in [9.17, 15) is 4.79 Å². The van der Waals surface area contributed by atoms with Gasteiger partial charge in [-0.3, -0.25) is 4.79 Å². The van der Waals surface area contributed by atoms with Gasteiger partial charge in [-0.25, -0.2) is 0 Å². The average Bonchev–Trinajstić information content (AvgIpc) is 2.20. The van der Waals surface area contributed by atoms with Crippen LogP contribution < -0.4 is 5.32 Å². The van der Waals surface area contributed by atoms with Crippen molar-refractivity contribution in [1.29, 1.82) is 0 Å². The van der Waals surface area contributed by atoms with Crippen molar-refractivity contribution >= 4 is 5.91 Å². The molecule has 1 aliphatic heterocycles. The molecule has 0 aliphatic carbocycles. The van der Waals surface area contributed by atoms with Crippen LogP contribution in [0.5, 0.6) is 0 Å². The highest BCUT2D eigenvalue weighted by Gasteiger charge is 2.24. The molecule has 0 spiro atoms. The molecule has 1 atom stereocenters. The number of carbonyl (C=O) groups is 1. The first-order valence-electron chi connectivity index (χ1n) is 5.53. The maximum absolute atomic E-state index is 11.7. The summed E-state index contributed by atoms with van der Waals surface area (Å²) in [5.41, 5.74) is 3.68. The van der Waals surface area contributed by atoms with E-state index in [0.717, 1.165) is 19.4 Å². The molecule has 1 aliphatic rings. The average molecular weight is 203 g/mol. The molecule has 2 heteroatoms. The molecule has 15 heavy (non-hydrogen) atoms. The quantitative estimate of drug-likeness (QED) is 0.745. The maximum Gasteiger partial charge on any atom is 0.227 e. The lowest BCUT2D eigenvalue weighted by Gasteiger charge is -2.23. The summed E-state index contributed by atoms with van der Waals surface area (Å²) in [4.78, 5) is 11.7. The number of benzene rings is 1. The normalized spacial score (nSPS) is 21.2. The standard InChI is InChI=1S/C13H17NO/c1-9-5-6-11(10(2)8-9)12-4-3-7-14-13(12)15/h5-6,8,12H,3-4,7H2,1-2H3,(H,14,15). The third-order valence-electron chi connectivity index (χ3n) is 3.09. The highest BCUT2D eigenvalue weighted by atomic mass is 16.1. The van der Waals surface area contributed by atoms with Gasteiger partial charge >= 0.3 is 0 Å². The molecule has 1 unspecified atom stereocenters. The van der Waals surface area contributed by atoms with Crippen LogP contribution in [0, 0.1) is 13.8 Å². The summed E-state index contributed by atoms with van der Waals surface area (Å²) in [6, 6.07) is 6.33. The van der Waals surface area contributed by atoms with Crippen LogP contribution in [0.1, 0.15) is 35.4 Å². The molecule has 1 amide bonds. The predicted octanol–water partition coefficient (Wildman–Crippen LogP) is 2.30. The highest BCUT2D eigenvalue weighted by Crippen LogP contribution is 2.27. The monoisotopic (exact) mass is 203 g/mol. The lowest BCUT2D eigenvalue weighted by Crippen LogP contribution is -2.35. The first-order chi connectivity index (χ1) is 7.18. The number of piperidine rings is 1. The fourth-order valence-electron chi connectivity index (χ4n) is 2.29.